The quantitative estimate of drug-likeness (QED) is 0.822. The van der Waals surface area contributed by atoms with E-state index in [9.17, 15) is 4.79 Å². The molecular formula is C17H20N4O3. The predicted molar refractivity (Wildman–Crippen MR) is 89.3 cm³/mol. The molecule has 24 heavy (non-hydrogen) atoms. The lowest BCUT2D eigenvalue weighted by molar-refractivity contribution is -0.133. The summed E-state index contributed by atoms with van der Waals surface area (Å²) >= 11 is 0. The molecule has 7 heteroatoms. The van der Waals surface area contributed by atoms with Gasteiger partial charge in [0.1, 0.15) is 5.75 Å². The molecule has 126 valence electrons. The molecule has 0 spiro atoms. The van der Waals surface area contributed by atoms with E-state index in [1.807, 2.05) is 29.2 Å². The molecule has 0 atom stereocenters. The van der Waals surface area contributed by atoms with Crippen molar-refractivity contribution in [1.82, 2.24) is 14.9 Å². The number of methoxy groups -OCH3 is 1. The predicted octanol–water partition coefficient (Wildman–Crippen LogP) is 1.21. The lowest BCUT2D eigenvalue weighted by Crippen LogP contribution is -2.50. The SMILES string of the molecule is COc1ccc(N2CCN(C(=O)COc3ncccn3)CC2)cc1. The first kappa shape index (κ1) is 16.0. The molecule has 0 saturated carbocycles. The van der Waals surface area contributed by atoms with Gasteiger partial charge in [-0.05, 0) is 30.3 Å². The van der Waals surface area contributed by atoms with Crippen LogP contribution >= 0.6 is 0 Å². The molecule has 0 aliphatic carbocycles. The minimum Gasteiger partial charge on any atom is -0.497 e. The number of rotatable bonds is 5. The molecule has 1 aromatic heterocycles. The van der Waals surface area contributed by atoms with Gasteiger partial charge >= 0.3 is 6.01 Å². The number of hydrogen-bond donors (Lipinski definition) is 0. The molecule has 0 radical (unpaired) electrons. The number of ether oxygens (including phenoxy) is 2. The fraction of sp³-hybridized carbons (Fsp3) is 0.353. The number of amides is 1. The van der Waals surface area contributed by atoms with Crippen molar-refractivity contribution in [2.75, 3.05) is 44.8 Å². The van der Waals surface area contributed by atoms with Crippen LogP contribution < -0.4 is 14.4 Å². The van der Waals surface area contributed by atoms with Gasteiger partial charge < -0.3 is 19.3 Å². The summed E-state index contributed by atoms with van der Waals surface area (Å²) in [5, 5.41) is 0. The largest absolute Gasteiger partial charge is 0.497 e. The van der Waals surface area contributed by atoms with Crippen LogP contribution in [-0.2, 0) is 4.79 Å². The zero-order chi connectivity index (χ0) is 16.8. The minimum absolute atomic E-state index is 0.0352. The number of carbonyl (C=O) groups is 1. The third-order valence-electron chi connectivity index (χ3n) is 3.94. The van der Waals surface area contributed by atoms with E-state index in [-0.39, 0.29) is 18.5 Å². The van der Waals surface area contributed by atoms with Gasteiger partial charge in [0.05, 0.1) is 7.11 Å². The van der Waals surface area contributed by atoms with Crippen molar-refractivity contribution in [3.8, 4) is 11.8 Å². The van der Waals surface area contributed by atoms with Gasteiger partial charge in [0.2, 0.25) is 0 Å². The highest BCUT2D eigenvalue weighted by Crippen LogP contribution is 2.20. The lowest BCUT2D eigenvalue weighted by atomic mass is 10.2. The first-order valence-corrected chi connectivity index (χ1v) is 7.83. The number of anilines is 1. The highest BCUT2D eigenvalue weighted by Gasteiger charge is 2.21. The van der Waals surface area contributed by atoms with E-state index in [4.69, 9.17) is 9.47 Å². The average Bonchev–Trinajstić information content (AvgIpc) is 2.67. The van der Waals surface area contributed by atoms with Crippen LogP contribution in [-0.4, -0.2) is 60.7 Å². The second-order valence-corrected chi connectivity index (χ2v) is 5.39. The van der Waals surface area contributed by atoms with Crippen LogP contribution in [0.4, 0.5) is 5.69 Å². The normalized spacial score (nSPS) is 14.4. The summed E-state index contributed by atoms with van der Waals surface area (Å²) in [4.78, 5) is 24.1. The van der Waals surface area contributed by atoms with Crippen molar-refractivity contribution in [3.05, 3.63) is 42.7 Å². The van der Waals surface area contributed by atoms with Crippen LogP contribution in [0, 0.1) is 0 Å². The second kappa shape index (κ2) is 7.63. The van der Waals surface area contributed by atoms with E-state index in [2.05, 4.69) is 14.9 Å². The third-order valence-corrected chi connectivity index (χ3v) is 3.94. The number of carbonyl (C=O) groups excluding carboxylic acids is 1. The molecule has 0 bridgehead atoms. The Balaban J connectivity index is 1.48. The summed E-state index contributed by atoms with van der Waals surface area (Å²) in [7, 11) is 1.65. The van der Waals surface area contributed by atoms with E-state index in [1.165, 1.54) is 0 Å². The van der Waals surface area contributed by atoms with Crippen LogP contribution in [0.5, 0.6) is 11.8 Å². The van der Waals surface area contributed by atoms with Crippen LogP contribution in [0.2, 0.25) is 0 Å². The smallest absolute Gasteiger partial charge is 0.316 e. The van der Waals surface area contributed by atoms with Gasteiger partial charge in [-0.3, -0.25) is 4.79 Å². The fourth-order valence-electron chi connectivity index (χ4n) is 2.58. The summed E-state index contributed by atoms with van der Waals surface area (Å²) in [5.41, 5.74) is 1.14. The van der Waals surface area contributed by atoms with Crippen molar-refractivity contribution in [1.29, 1.82) is 0 Å². The molecule has 1 aliphatic heterocycles. The van der Waals surface area contributed by atoms with Crippen molar-refractivity contribution < 1.29 is 14.3 Å². The van der Waals surface area contributed by atoms with Crippen molar-refractivity contribution >= 4 is 11.6 Å². The zero-order valence-corrected chi connectivity index (χ0v) is 13.6. The summed E-state index contributed by atoms with van der Waals surface area (Å²) in [5.74, 6) is 0.796. The van der Waals surface area contributed by atoms with Gasteiger partial charge in [-0.15, -0.1) is 0 Å². The van der Waals surface area contributed by atoms with Crippen molar-refractivity contribution in [3.63, 3.8) is 0 Å². The number of aromatic nitrogens is 2. The first-order valence-electron chi connectivity index (χ1n) is 7.83. The average molecular weight is 328 g/mol. The van der Waals surface area contributed by atoms with Gasteiger partial charge in [0.25, 0.3) is 5.91 Å². The van der Waals surface area contributed by atoms with E-state index in [0.29, 0.717) is 13.1 Å². The van der Waals surface area contributed by atoms with Crippen molar-refractivity contribution in [2.45, 2.75) is 0 Å². The molecule has 1 fully saturated rings. The van der Waals surface area contributed by atoms with E-state index in [1.54, 1.807) is 25.6 Å². The van der Waals surface area contributed by atoms with Crippen LogP contribution in [0.15, 0.2) is 42.7 Å². The maximum atomic E-state index is 12.2. The molecular weight excluding hydrogens is 308 g/mol. The summed E-state index contributed by atoms with van der Waals surface area (Å²) in [6.07, 6.45) is 3.17. The highest BCUT2D eigenvalue weighted by atomic mass is 16.5. The summed E-state index contributed by atoms with van der Waals surface area (Å²) in [6, 6.07) is 9.88. The molecule has 3 rings (SSSR count). The second-order valence-electron chi connectivity index (χ2n) is 5.39. The molecule has 0 unspecified atom stereocenters. The molecule has 2 heterocycles. The molecule has 1 aromatic carbocycles. The van der Waals surface area contributed by atoms with Crippen molar-refractivity contribution in [2.24, 2.45) is 0 Å². The Labute approximate surface area is 140 Å². The Kier molecular flexibility index (Phi) is 5.10. The zero-order valence-electron chi connectivity index (χ0n) is 13.6. The number of hydrogen-bond acceptors (Lipinski definition) is 6. The lowest BCUT2D eigenvalue weighted by Gasteiger charge is -2.36. The van der Waals surface area contributed by atoms with Crippen LogP contribution in [0.1, 0.15) is 0 Å². The number of piperazine rings is 1. The van der Waals surface area contributed by atoms with E-state index in [0.717, 1.165) is 24.5 Å². The Hall–Kier alpha value is -2.83. The Morgan fingerprint density at radius 1 is 1.08 bits per heavy atom. The molecule has 1 amide bonds. The molecule has 1 aliphatic rings. The highest BCUT2D eigenvalue weighted by molar-refractivity contribution is 5.78. The first-order chi connectivity index (χ1) is 11.8. The monoisotopic (exact) mass is 328 g/mol. The third kappa shape index (κ3) is 3.92. The summed E-state index contributed by atoms with van der Waals surface area (Å²) in [6.45, 7) is 2.89. The van der Waals surface area contributed by atoms with Gasteiger partial charge in [-0.25, -0.2) is 9.97 Å². The number of benzene rings is 1. The van der Waals surface area contributed by atoms with Gasteiger partial charge in [-0.1, -0.05) is 0 Å². The maximum absolute atomic E-state index is 12.2. The fourth-order valence-corrected chi connectivity index (χ4v) is 2.58. The topological polar surface area (TPSA) is 67.8 Å². The molecule has 2 aromatic rings. The van der Waals surface area contributed by atoms with Gasteiger partial charge in [-0.2, -0.15) is 0 Å². The summed E-state index contributed by atoms with van der Waals surface area (Å²) < 4.78 is 10.5. The minimum atomic E-state index is -0.0446. The Morgan fingerprint density at radius 3 is 2.38 bits per heavy atom. The molecule has 1 saturated heterocycles. The Morgan fingerprint density at radius 2 is 1.75 bits per heavy atom. The molecule has 0 N–H and O–H groups in total. The molecule has 7 nitrogen and oxygen atoms in total. The van der Waals surface area contributed by atoms with Crippen LogP contribution in [0.25, 0.3) is 0 Å². The van der Waals surface area contributed by atoms with Crippen LogP contribution in [0.3, 0.4) is 0 Å². The standard InChI is InChI=1S/C17H20N4O3/c1-23-15-5-3-14(4-6-15)20-9-11-21(12-10-20)16(22)13-24-17-18-7-2-8-19-17/h2-8H,9-13H2,1H3. The van der Waals surface area contributed by atoms with E-state index < -0.39 is 0 Å². The number of nitrogens with zero attached hydrogens (tertiary/aromatic N) is 4. The van der Waals surface area contributed by atoms with Gasteiger partial charge in [0, 0.05) is 44.3 Å². The van der Waals surface area contributed by atoms with Gasteiger partial charge in [0.15, 0.2) is 6.61 Å². The Bertz CT molecular complexity index is 655. The van der Waals surface area contributed by atoms with E-state index >= 15 is 0 Å². The maximum Gasteiger partial charge on any atom is 0.316 e.